The second kappa shape index (κ2) is 17.8. The van der Waals surface area contributed by atoms with Crippen LogP contribution in [-0.4, -0.2) is 48.4 Å². The normalized spacial score (nSPS) is 16.0. The van der Waals surface area contributed by atoms with Crippen molar-refractivity contribution in [2.45, 2.75) is 132 Å². The number of hydrogen-bond donors (Lipinski definition) is 0. The Hall–Kier alpha value is -5.34. The molecule has 0 aliphatic heterocycles. The van der Waals surface area contributed by atoms with E-state index in [1.807, 2.05) is 0 Å². The lowest BCUT2D eigenvalue weighted by Gasteiger charge is -2.52. The smallest absolute Gasteiger partial charge is 0.0579 e. The molecule has 0 saturated carbocycles. The Bertz CT molecular complexity index is 3240. The Morgan fingerprint density at radius 1 is 0.208 bits per heavy atom. The van der Waals surface area contributed by atoms with E-state index in [1.54, 1.807) is 44.5 Å². The van der Waals surface area contributed by atoms with Crippen LogP contribution >= 0.6 is 0 Å². The third-order valence-corrected chi connectivity index (χ3v) is 49.2. The highest BCUT2D eigenvalue weighted by molar-refractivity contribution is 7.01. The van der Waals surface area contributed by atoms with Crippen LogP contribution in [0.4, 0.5) is 34.1 Å². The topological polar surface area (TPSA) is 6.48 Å². The predicted molar refractivity (Wildman–Crippen MR) is 355 cm³/mol. The Labute approximate surface area is 469 Å². The maximum Gasteiger partial charge on any atom is 0.0579 e. The van der Waals surface area contributed by atoms with Gasteiger partial charge in [0, 0.05) is 48.1 Å². The highest BCUT2D eigenvalue weighted by Gasteiger charge is 2.65. The van der Waals surface area contributed by atoms with Crippen LogP contribution in [0.15, 0.2) is 182 Å². The van der Waals surface area contributed by atoms with Crippen LogP contribution < -0.4 is 9.80 Å². The fourth-order valence-electron chi connectivity index (χ4n) is 17.6. The lowest BCUT2D eigenvalue weighted by molar-refractivity contribution is 0.934. The molecule has 3 aliphatic rings. The first-order valence-corrected chi connectivity index (χ1v) is 49.5. The van der Waals surface area contributed by atoms with Crippen LogP contribution in [0, 0.1) is 0 Å². The third kappa shape index (κ3) is 7.51. The Balaban J connectivity index is 1.22. The van der Waals surface area contributed by atoms with E-state index in [1.165, 1.54) is 56.4 Å². The van der Waals surface area contributed by atoms with E-state index in [2.05, 4.69) is 310 Å². The van der Waals surface area contributed by atoms with E-state index in [9.17, 15) is 0 Å². The minimum Gasteiger partial charge on any atom is -0.310 e. The first-order valence-electron chi connectivity index (χ1n) is 28.5. The van der Waals surface area contributed by atoms with Crippen molar-refractivity contribution in [2.24, 2.45) is 0 Å². The van der Waals surface area contributed by atoms with Gasteiger partial charge in [0.2, 0.25) is 0 Å². The van der Waals surface area contributed by atoms with Gasteiger partial charge in [-0.1, -0.05) is 203 Å². The Morgan fingerprint density at radius 3 is 0.610 bits per heavy atom. The summed E-state index contributed by atoms with van der Waals surface area (Å²) in [5, 5.41) is 0. The van der Waals surface area contributed by atoms with Crippen molar-refractivity contribution in [2.75, 3.05) is 9.80 Å². The molecule has 3 aliphatic carbocycles. The summed E-state index contributed by atoms with van der Waals surface area (Å²) in [5.41, 5.74) is 26.0. The molecule has 0 unspecified atom stereocenters. The molecule has 0 fully saturated rings. The first kappa shape index (κ1) is 53.7. The summed E-state index contributed by atoms with van der Waals surface area (Å²) in [5.74, 6) is 0. The van der Waals surface area contributed by atoms with Crippen LogP contribution in [0.2, 0.25) is 118 Å². The molecule has 77 heavy (non-hydrogen) atoms. The van der Waals surface area contributed by atoms with Crippen molar-refractivity contribution in [3.8, 4) is 33.4 Å². The summed E-state index contributed by atoms with van der Waals surface area (Å²) >= 11 is 0. The molecule has 0 bridgehead atoms. The Morgan fingerprint density at radius 2 is 0.403 bits per heavy atom. The summed E-state index contributed by atoms with van der Waals surface area (Å²) < 4.78 is -0.131. The summed E-state index contributed by atoms with van der Waals surface area (Å²) in [6.07, 6.45) is 0. The summed E-state index contributed by atoms with van der Waals surface area (Å²) in [4.78, 5) is 4.98. The molecule has 0 radical (unpaired) electrons. The largest absolute Gasteiger partial charge is 0.310 e. The maximum absolute atomic E-state index is 2.88. The van der Waals surface area contributed by atoms with Crippen molar-refractivity contribution in [1.82, 2.24) is 0 Å². The fraction of sp³-hybridized carbons (Fsp3) is 0.304. The van der Waals surface area contributed by atoms with E-state index in [0.29, 0.717) is 0 Å². The summed E-state index contributed by atoms with van der Waals surface area (Å²) in [6, 6.07) is 70.9. The van der Waals surface area contributed by atoms with Gasteiger partial charge in [-0.15, -0.1) is 0 Å². The first-order chi connectivity index (χ1) is 36.0. The van der Waals surface area contributed by atoms with Crippen molar-refractivity contribution >= 4 is 82.6 Å². The number of hydrogen-bond acceptors (Lipinski definition) is 2. The zero-order valence-corrected chi connectivity index (χ0v) is 55.7. The van der Waals surface area contributed by atoms with Crippen molar-refractivity contribution < 1.29 is 0 Å². The van der Waals surface area contributed by atoms with Crippen molar-refractivity contribution in [3.63, 3.8) is 0 Å². The van der Waals surface area contributed by atoms with Gasteiger partial charge >= 0.3 is 0 Å². The zero-order valence-electron chi connectivity index (χ0n) is 49.7. The van der Waals surface area contributed by atoms with Gasteiger partial charge in [-0.2, -0.15) is 0 Å². The molecule has 394 valence electrons. The molecule has 0 amide bonds. The van der Waals surface area contributed by atoms with Gasteiger partial charge in [-0.3, -0.25) is 0 Å². The molecule has 2 nitrogen and oxygen atoms in total. The van der Waals surface area contributed by atoms with Crippen molar-refractivity contribution in [3.05, 3.63) is 215 Å². The van der Waals surface area contributed by atoms with Crippen LogP contribution in [-0.2, 0) is 14.0 Å². The van der Waals surface area contributed by atoms with Crippen LogP contribution in [0.5, 0.6) is 0 Å². The number of benzene rings is 8. The van der Waals surface area contributed by atoms with E-state index >= 15 is 0 Å². The molecule has 8 heteroatoms. The van der Waals surface area contributed by atoms with E-state index in [0.717, 1.165) is 0 Å². The summed E-state index contributed by atoms with van der Waals surface area (Å²) in [7, 11) is -12.5. The average Bonchev–Trinajstić information content (AvgIpc) is 4.15. The fourth-order valence-corrected chi connectivity index (χ4v) is 56.8. The van der Waals surface area contributed by atoms with E-state index < -0.39 is 48.4 Å². The Kier molecular flexibility index (Phi) is 12.4. The molecule has 8 aromatic rings. The molecule has 0 heterocycles. The third-order valence-electron chi connectivity index (χ3n) is 18.9. The van der Waals surface area contributed by atoms with Crippen molar-refractivity contribution in [1.29, 1.82) is 0 Å². The van der Waals surface area contributed by atoms with E-state index in [4.69, 9.17) is 0 Å². The van der Waals surface area contributed by atoms with Crippen LogP contribution in [0.1, 0.15) is 33.4 Å². The average molecular weight is 1110 g/mol. The lowest BCUT2D eigenvalue weighted by Crippen LogP contribution is -2.64. The second-order valence-electron chi connectivity index (χ2n) is 29.1. The monoisotopic (exact) mass is 1110 g/mol. The lowest BCUT2D eigenvalue weighted by atomic mass is 9.95. The molecular formula is C69H84N2Si6. The van der Waals surface area contributed by atoms with Crippen LogP contribution in [0.25, 0.3) is 33.4 Å². The minimum absolute atomic E-state index is 0.0308. The number of para-hydroxylation sites is 4. The number of nitrogens with zero attached hydrogens (tertiary/aromatic N) is 2. The van der Waals surface area contributed by atoms with Gasteiger partial charge < -0.3 is 9.80 Å². The molecule has 0 N–H and O–H groups in total. The van der Waals surface area contributed by atoms with Gasteiger partial charge in [-0.05, 0) is 164 Å². The van der Waals surface area contributed by atoms with Gasteiger partial charge in [0.15, 0.2) is 0 Å². The molecular weight excluding hydrogens is 1030 g/mol. The highest BCUT2D eigenvalue weighted by Crippen LogP contribution is 2.67. The number of rotatable bonds is 12. The summed E-state index contributed by atoms with van der Waals surface area (Å²) in [6.45, 7) is 48.7. The predicted octanol–water partition coefficient (Wildman–Crippen LogP) is 20.7. The van der Waals surface area contributed by atoms with Gasteiger partial charge in [0.25, 0.3) is 0 Å². The maximum atomic E-state index is 2.88. The molecule has 8 aromatic carbocycles. The molecule has 11 rings (SSSR count). The standard InChI is InChI=1S/C69H84N2Si6/c1-72(2,3)67(73(4,5)6)61-43-53(70(49-31-23-19-24-32-49)50-33-25-20-26-34-50)39-41-55(61)57-45-65-59(47-63(57)67)60-48-64-58(46-66(60)69(65,76(13,14)15)77(16,17)18)56-42-40-54(44-62(56)68(64,74(7,8)9)75(10,11)12)71(51-35-27-21-28-36-51)52-37-29-22-30-38-52/h19-48H,1-18H3. The highest BCUT2D eigenvalue weighted by atomic mass is 28.4. The van der Waals surface area contributed by atoms with Gasteiger partial charge in [0.05, 0.1) is 48.4 Å². The van der Waals surface area contributed by atoms with Crippen LogP contribution in [0.3, 0.4) is 0 Å². The molecule has 0 atom stereocenters. The van der Waals surface area contributed by atoms with E-state index in [-0.39, 0.29) is 14.0 Å². The zero-order chi connectivity index (χ0) is 55.3. The number of anilines is 6. The second-order valence-corrected chi connectivity index (χ2v) is 62.1. The minimum atomic E-state index is -2.09. The van der Waals surface area contributed by atoms with Gasteiger partial charge in [0.1, 0.15) is 0 Å². The SMILES string of the molecule is C[Si](C)(C)C1([Si](C)(C)C)c2cc(N(c3ccccc3)c3ccccc3)ccc2-c2cc3c(cc21)-c1cc2c(cc1C3([Si](C)(C)C)[Si](C)(C)C)-c1ccc(N(c3ccccc3)c3ccccc3)cc1C2([Si](C)(C)C)[Si](C)(C)C. The number of fused-ring (bicyclic) bond motifs is 9. The quantitative estimate of drug-likeness (QED) is 0.113. The van der Waals surface area contributed by atoms with Gasteiger partial charge in [-0.25, -0.2) is 0 Å². The molecule has 0 saturated heterocycles. The molecule has 0 spiro atoms. The molecule has 0 aromatic heterocycles.